The van der Waals surface area contributed by atoms with Crippen LogP contribution in [0.4, 0.5) is 10.8 Å². The number of benzene rings is 2. The molecule has 1 fully saturated rings. The number of fused-ring (bicyclic) bond motifs is 1. The molecule has 1 atom stereocenters. The lowest BCUT2D eigenvalue weighted by molar-refractivity contribution is -0.115. The maximum atomic E-state index is 12.7. The smallest absolute Gasteiger partial charge is 0.230 e. The number of carbonyl (C=O) groups excluding carboxylic acids is 1. The molecule has 5 nitrogen and oxygen atoms in total. The number of aromatic nitrogens is 2. The molecule has 1 amide bonds. The van der Waals surface area contributed by atoms with Crippen LogP contribution < -0.4 is 4.90 Å². The van der Waals surface area contributed by atoms with Gasteiger partial charge in [0, 0.05) is 31.3 Å². The summed E-state index contributed by atoms with van der Waals surface area (Å²) in [6, 6.07) is 12.7. The standard InChI is InChI=1S/C27H30N4OS2/c1-17-12-18(2)25(19(3)13-17)31(20(4)32)27-28-22(16-33-27)15-30-11-7-8-21(14-30)26-29-23-9-5-6-10-24(23)34-26/h5-6,9-10,12-13,16,21H,7-8,11,14-15H2,1-4H3. The van der Waals surface area contributed by atoms with E-state index < -0.39 is 0 Å². The first-order chi connectivity index (χ1) is 16.4. The van der Waals surface area contributed by atoms with Crippen LogP contribution in [0.25, 0.3) is 10.2 Å². The maximum absolute atomic E-state index is 12.7. The predicted octanol–water partition coefficient (Wildman–Crippen LogP) is 6.74. The third-order valence-corrected chi connectivity index (χ3v) is 8.53. The first kappa shape index (κ1) is 23.1. The van der Waals surface area contributed by atoms with Crippen molar-refractivity contribution in [3.05, 3.63) is 69.2 Å². The topological polar surface area (TPSA) is 49.3 Å². The van der Waals surface area contributed by atoms with Crippen LogP contribution in [0.2, 0.25) is 0 Å². The third kappa shape index (κ3) is 4.65. The number of piperidine rings is 1. The zero-order chi connectivity index (χ0) is 23.8. The van der Waals surface area contributed by atoms with Crippen molar-refractivity contribution in [1.82, 2.24) is 14.9 Å². The van der Waals surface area contributed by atoms with E-state index in [-0.39, 0.29) is 5.91 Å². The average Bonchev–Trinajstić information content (AvgIpc) is 3.43. The maximum Gasteiger partial charge on any atom is 0.230 e. The zero-order valence-electron chi connectivity index (χ0n) is 20.2. The number of hydrogen-bond donors (Lipinski definition) is 0. The summed E-state index contributed by atoms with van der Waals surface area (Å²) >= 11 is 3.38. The molecule has 1 aliphatic rings. The molecular formula is C27H30N4OS2. The number of aryl methyl sites for hydroxylation is 3. The second kappa shape index (κ2) is 9.56. The minimum absolute atomic E-state index is 0.00942. The van der Waals surface area contributed by atoms with Gasteiger partial charge in [-0.2, -0.15) is 0 Å². The SMILES string of the molecule is CC(=O)N(c1nc(CN2CCCC(c3nc4ccccc4s3)C2)cs1)c1c(C)cc(C)cc1C. The van der Waals surface area contributed by atoms with Crippen LogP contribution in [0.5, 0.6) is 0 Å². The summed E-state index contributed by atoms with van der Waals surface area (Å²) in [6.07, 6.45) is 2.35. The molecule has 5 rings (SSSR count). The fourth-order valence-electron chi connectivity index (χ4n) is 5.08. The van der Waals surface area contributed by atoms with Gasteiger partial charge in [0.2, 0.25) is 5.91 Å². The second-order valence-electron chi connectivity index (χ2n) is 9.32. The summed E-state index contributed by atoms with van der Waals surface area (Å²) in [6.45, 7) is 10.7. The number of likely N-dealkylation sites (tertiary alicyclic amines) is 1. The van der Waals surface area contributed by atoms with Crippen LogP contribution >= 0.6 is 22.7 Å². The Bertz CT molecular complexity index is 1290. The van der Waals surface area contributed by atoms with Gasteiger partial charge in [-0.3, -0.25) is 14.6 Å². The second-order valence-corrected chi connectivity index (χ2v) is 11.2. The van der Waals surface area contributed by atoms with Gasteiger partial charge in [-0.25, -0.2) is 9.97 Å². The monoisotopic (exact) mass is 490 g/mol. The number of para-hydroxylation sites is 1. The highest BCUT2D eigenvalue weighted by molar-refractivity contribution is 7.18. The number of nitrogens with zero attached hydrogens (tertiary/aromatic N) is 4. The van der Waals surface area contributed by atoms with E-state index in [0.717, 1.165) is 52.8 Å². The molecule has 7 heteroatoms. The van der Waals surface area contributed by atoms with Crippen LogP contribution in [0, 0.1) is 20.8 Å². The summed E-state index contributed by atoms with van der Waals surface area (Å²) in [5.41, 5.74) is 6.48. The van der Waals surface area contributed by atoms with Gasteiger partial charge in [0.05, 0.1) is 26.6 Å². The molecule has 34 heavy (non-hydrogen) atoms. The lowest BCUT2D eigenvalue weighted by Gasteiger charge is -2.31. The highest BCUT2D eigenvalue weighted by Gasteiger charge is 2.26. The van der Waals surface area contributed by atoms with E-state index in [1.807, 2.05) is 11.3 Å². The molecule has 0 saturated carbocycles. The molecule has 2 aromatic heterocycles. The Hall–Kier alpha value is -2.61. The number of carbonyl (C=O) groups is 1. The Morgan fingerprint density at radius 1 is 1.15 bits per heavy atom. The van der Waals surface area contributed by atoms with Crippen molar-refractivity contribution >= 4 is 49.6 Å². The fraction of sp³-hybridized carbons (Fsp3) is 0.370. The van der Waals surface area contributed by atoms with Gasteiger partial charge in [0.1, 0.15) is 0 Å². The average molecular weight is 491 g/mol. The molecule has 1 unspecified atom stereocenters. The van der Waals surface area contributed by atoms with Crippen molar-refractivity contribution in [2.24, 2.45) is 0 Å². The molecule has 2 aromatic carbocycles. The van der Waals surface area contributed by atoms with E-state index in [2.05, 4.69) is 67.4 Å². The van der Waals surface area contributed by atoms with Crippen molar-refractivity contribution in [3.63, 3.8) is 0 Å². The molecule has 0 spiro atoms. The van der Waals surface area contributed by atoms with Gasteiger partial charge in [-0.1, -0.05) is 29.8 Å². The lowest BCUT2D eigenvalue weighted by atomic mass is 9.98. The van der Waals surface area contributed by atoms with E-state index in [4.69, 9.17) is 9.97 Å². The molecule has 3 heterocycles. The zero-order valence-corrected chi connectivity index (χ0v) is 21.8. The van der Waals surface area contributed by atoms with Crippen molar-refractivity contribution < 1.29 is 4.79 Å². The minimum Gasteiger partial charge on any atom is -0.297 e. The van der Waals surface area contributed by atoms with E-state index >= 15 is 0 Å². The van der Waals surface area contributed by atoms with Crippen molar-refractivity contribution in [2.45, 2.75) is 53.0 Å². The van der Waals surface area contributed by atoms with Crippen molar-refractivity contribution in [2.75, 3.05) is 18.0 Å². The molecule has 0 N–H and O–H groups in total. The third-order valence-electron chi connectivity index (χ3n) is 6.46. The lowest BCUT2D eigenvalue weighted by Crippen LogP contribution is -2.34. The molecule has 1 saturated heterocycles. The van der Waals surface area contributed by atoms with Crippen LogP contribution in [0.15, 0.2) is 41.8 Å². The van der Waals surface area contributed by atoms with Crippen LogP contribution in [0.3, 0.4) is 0 Å². The number of thiazole rings is 2. The van der Waals surface area contributed by atoms with Crippen LogP contribution in [-0.2, 0) is 11.3 Å². The van der Waals surface area contributed by atoms with Crippen molar-refractivity contribution in [1.29, 1.82) is 0 Å². The minimum atomic E-state index is -0.00942. The number of rotatable bonds is 5. The van der Waals surface area contributed by atoms with Crippen LogP contribution in [0.1, 0.15) is 53.1 Å². The number of amides is 1. The van der Waals surface area contributed by atoms with Gasteiger partial charge < -0.3 is 0 Å². The predicted molar refractivity (Wildman–Crippen MR) is 142 cm³/mol. The first-order valence-corrected chi connectivity index (χ1v) is 13.5. The molecule has 0 aliphatic carbocycles. The molecule has 176 valence electrons. The van der Waals surface area contributed by atoms with Gasteiger partial charge in [0.25, 0.3) is 0 Å². The molecule has 1 aliphatic heterocycles. The molecule has 0 bridgehead atoms. The van der Waals surface area contributed by atoms with E-state index in [1.54, 1.807) is 23.2 Å². The van der Waals surface area contributed by atoms with Crippen molar-refractivity contribution in [3.8, 4) is 0 Å². The summed E-state index contributed by atoms with van der Waals surface area (Å²) < 4.78 is 1.27. The fourth-order valence-corrected chi connectivity index (χ4v) is 7.04. The Balaban J connectivity index is 1.33. The Labute approximate surface area is 209 Å². The van der Waals surface area contributed by atoms with Crippen LogP contribution in [-0.4, -0.2) is 33.9 Å². The van der Waals surface area contributed by atoms with E-state index in [0.29, 0.717) is 5.92 Å². The Morgan fingerprint density at radius 3 is 2.65 bits per heavy atom. The summed E-state index contributed by atoms with van der Waals surface area (Å²) in [4.78, 5) is 26.8. The first-order valence-electron chi connectivity index (χ1n) is 11.8. The normalized spacial score (nSPS) is 16.8. The van der Waals surface area contributed by atoms with E-state index in [9.17, 15) is 4.79 Å². The highest BCUT2D eigenvalue weighted by Crippen LogP contribution is 2.36. The molecular weight excluding hydrogens is 460 g/mol. The molecule has 4 aromatic rings. The number of hydrogen-bond acceptors (Lipinski definition) is 6. The summed E-state index contributed by atoms with van der Waals surface area (Å²) in [5, 5.41) is 4.10. The summed E-state index contributed by atoms with van der Waals surface area (Å²) in [5.74, 6) is 0.459. The Morgan fingerprint density at radius 2 is 1.91 bits per heavy atom. The van der Waals surface area contributed by atoms with Gasteiger partial charge in [-0.15, -0.1) is 22.7 Å². The summed E-state index contributed by atoms with van der Waals surface area (Å²) in [7, 11) is 0. The largest absolute Gasteiger partial charge is 0.297 e. The Kier molecular flexibility index (Phi) is 6.51. The number of anilines is 2. The highest BCUT2D eigenvalue weighted by atomic mass is 32.1. The molecule has 0 radical (unpaired) electrons. The van der Waals surface area contributed by atoms with Gasteiger partial charge >= 0.3 is 0 Å². The van der Waals surface area contributed by atoms with Gasteiger partial charge in [-0.05, 0) is 63.4 Å². The quantitative estimate of drug-likeness (QED) is 0.311. The van der Waals surface area contributed by atoms with Gasteiger partial charge in [0.15, 0.2) is 5.13 Å². The van der Waals surface area contributed by atoms with E-state index in [1.165, 1.54) is 28.1 Å².